The van der Waals surface area contributed by atoms with Crippen molar-refractivity contribution in [1.82, 2.24) is 0 Å². The van der Waals surface area contributed by atoms with Crippen molar-refractivity contribution in [3.8, 4) is 0 Å². The summed E-state index contributed by atoms with van der Waals surface area (Å²) in [6.07, 6.45) is -0.00974. The van der Waals surface area contributed by atoms with E-state index in [-0.39, 0.29) is 39.3 Å². The monoisotopic (exact) mass is 680 g/mol. The van der Waals surface area contributed by atoms with Crippen molar-refractivity contribution in [2.24, 2.45) is 5.92 Å². The Morgan fingerprint density at radius 2 is 0.956 bits per heavy atom. The number of ether oxygens (including phenoxy) is 4. The maximum absolute atomic E-state index is 12.0. The van der Waals surface area contributed by atoms with Gasteiger partial charge in [0.2, 0.25) is 0 Å². The second kappa shape index (κ2) is 20.7. The molecule has 0 aromatic heterocycles. The third-order valence-corrected chi connectivity index (χ3v) is 6.91. The zero-order valence-electron chi connectivity index (χ0n) is 26.3. The lowest BCUT2D eigenvalue weighted by molar-refractivity contribution is -0.161. The molecule has 0 atom stereocenters. The van der Waals surface area contributed by atoms with E-state index in [0.29, 0.717) is 0 Å². The summed E-state index contributed by atoms with van der Waals surface area (Å²) in [6, 6.07) is 28.8. The summed E-state index contributed by atoms with van der Waals surface area (Å²) < 4.78 is 19.0. The molecule has 0 amide bonds. The summed E-state index contributed by atoms with van der Waals surface area (Å²) in [5, 5.41) is 5.75. The number of carbonyl (C=O) groups is 4. The largest absolute Gasteiger partial charge is 0.466 e. The maximum atomic E-state index is 12.0. The summed E-state index contributed by atoms with van der Waals surface area (Å²) >= 11 is 3.44. The van der Waals surface area contributed by atoms with E-state index < -0.39 is 29.8 Å². The third kappa shape index (κ3) is 13.1. The van der Waals surface area contributed by atoms with Crippen molar-refractivity contribution in [3.63, 3.8) is 0 Å². The van der Waals surface area contributed by atoms with Crippen LogP contribution in [0, 0.1) is 5.92 Å². The fourth-order valence-corrected chi connectivity index (χ4v) is 4.56. The topological polar surface area (TPSA) is 105 Å². The second-order valence-electron chi connectivity index (χ2n) is 9.54. The lowest BCUT2D eigenvalue weighted by atomic mass is 9.97. The number of carbonyl (C=O) groups excluding carboxylic acids is 4. The molecule has 4 rings (SSSR count). The highest BCUT2D eigenvalue weighted by Gasteiger charge is 2.29. The summed E-state index contributed by atoms with van der Waals surface area (Å²) in [4.78, 5) is 45.2. The van der Waals surface area contributed by atoms with Crippen molar-refractivity contribution < 1.29 is 38.1 Å². The lowest BCUT2D eigenvalue weighted by Gasteiger charge is -2.14. The Hall–Kier alpha value is -4.24. The third-order valence-electron chi connectivity index (χ3n) is 6.26. The van der Waals surface area contributed by atoms with Gasteiger partial charge in [-0.3, -0.25) is 19.2 Å². The minimum absolute atomic E-state index is 0.243. The van der Waals surface area contributed by atoms with Gasteiger partial charge in [-0.25, -0.2) is 0 Å². The number of alkyl halides is 1. The molecule has 45 heavy (non-hydrogen) atoms. The smallest absolute Gasteiger partial charge is 0.320 e. The van der Waals surface area contributed by atoms with Gasteiger partial charge < -0.3 is 18.9 Å². The van der Waals surface area contributed by atoms with Gasteiger partial charge in [0, 0.05) is 5.33 Å². The Bertz CT molecular complexity index is 1500. The molecule has 0 fully saturated rings. The molecule has 240 valence electrons. The van der Waals surface area contributed by atoms with Crippen molar-refractivity contribution in [2.45, 2.75) is 45.9 Å². The van der Waals surface area contributed by atoms with Crippen molar-refractivity contribution in [3.05, 3.63) is 96.1 Å². The highest BCUT2D eigenvalue weighted by molar-refractivity contribution is 9.08. The molecule has 0 aliphatic rings. The lowest BCUT2D eigenvalue weighted by Crippen LogP contribution is -2.30. The Morgan fingerprint density at radius 3 is 1.38 bits per heavy atom. The molecule has 0 aliphatic heterocycles. The predicted octanol–water partition coefficient (Wildman–Crippen LogP) is 7.36. The van der Waals surface area contributed by atoms with Crippen LogP contribution in [0.3, 0.4) is 0 Å². The van der Waals surface area contributed by atoms with Crippen LogP contribution in [0.15, 0.2) is 84.9 Å². The number of fused-ring (bicyclic) bond motifs is 2. The van der Waals surface area contributed by atoms with E-state index in [1.54, 1.807) is 27.7 Å². The van der Waals surface area contributed by atoms with Gasteiger partial charge in [-0.05, 0) is 66.8 Å². The van der Waals surface area contributed by atoms with E-state index in [9.17, 15) is 19.2 Å². The van der Waals surface area contributed by atoms with Crippen LogP contribution in [0.5, 0.6) is 0 Å². The van der Waals surface area contributed by atoms with Gasteiger partial charge in [-0.2, -0.15) is 0 Å². The van der Waals surface area contributed by atoms with Crippen molar-refractivity contribution in [1.29, 1.82) is 0 Å². The van der Waals surface area contributed by atoms with Gasteiger partial charge in [-0.15, -0.1) is 0 Å². The van der Waals surface area contributed by atoms with Gasteiger partial charge in [0.05, 0.1) is 26.4 Å². The number of rotatable bonds is 11. The van der Waals surface area contributed by atoms with E-state index in [1.165, 1.54) is 16.3 Å². The SMILES string of the molecule is BrCc1ccc2ccccc2c1.CCOC(=O)C(Cc1ccc2ccccc2c1)C(=O)OCC.CCOC(=O)CC(=O)OCC. The van der Waals surface area contributed by atoms with E-state index in [2.05, 4.69) is 67.9 Å². The number of halogens is 1. The number of hydrogen-bond donors (Lipinski definition) is 0. The number of esters is 4. The van der Waals surface area contributed by atoms with Crippen LogP contribution in [0.2, 0.25) is 0 Å². The summed E-state index contributed by atoms with van der Waals surface area (Å²) in [6.45, 7) is 7.87. The Labute approximate surface area is 273 Å². The zero-order valence-corrected chi connectivity index (χ0v) is 27.8. The van der Waals surface area contributed by atoms with Crippen molar-refractivity contribution in [2.75, 3.05) is 26.4 Å². The first-order valence-corrected chi connectivity index (χ1v) is 16.0. The first-order valence-electron chi connectivity index (χ1n) is 14.9. The highest BCUT2D eigenvalue weighted by atomic mass is 79.9. The molecule has 8 nitrogen and oxygen atoms in total. The Balaban J connectivity index is 0.000000259. The molecule has 0 bridgehead atoms. The van der Waals surface area contributed by atoms with Crippen LogP contribution in [-0.2, 0) is 49.9 Å². The van der Waals surface area contributed by atoms with Gasteiger partial charge >= 0.3 is 23.9 Å². The first-order chi connectivity index (χ1) is 21.8. The predicted molar refractivity (Wildman–Crippen MR) is 179 cm³/mol. The summed E-state index contributed by atoms with van der Waals surface area (Å²) in [7, 11) is 0. The van der Waals surface area contributed by atoms with E-state index in [0.717, 1.165) is 21.7 Å². The van der Waals surface area contributed by atoms with Gasteiger partial charge in [0.1, 0.15) is 6.42 Å². The molecule has 0 radical (unpaired) electrons. The molecule has 0 N–H and O–H groups in total. The molecule has 0 saturated heterocycles. The van der Waals surface area contributed by atoms with E-state index >= 15 is 0 Å². The van der Waals surface area contributed by atoms with E-state index in [1.807, 2.05) is 42.5 Å². The Morgan fingerprint density at radius 1 is 0.556 bits per heavy atom. The van der Waals surface area contributed by atoms with Crippen LogP contribution in [0.4, 0.5) is 0 Å². The highest BCUT2D eigenvalue weighted by Crippen LogP contribution is 2.20. The zero-order chi connectivity index (χ0) is 33.0. The molecular weight excluding hydrogens is 640 g/mol. The standard InChI is InChI=1S/C18H20O4.C11H9Br.C7H12O4/c1-3-21-17(19)16(18(20)22-4-2)12-13-9-10-14-7-5-6-8-15(14)11-13;12-8-9-5-6-10-3-1-2-4-11(10)7-9;1-3-10-6(8)5-7(9)11-4-2/h5-11,16H,3-4,12H2,1-2H3;1-7H,8H2;3-5H2,1-2H3. The maximum Gasteiger partial charge on any atom is 0.320 e. The van der Waals surface area contributed by atoms with Crippen LogP contribution in [0.25, 0.3) is 21.5 Å². The van der Waals surface area contributed by atoms with Gasteiger partial charge in [-0.1, -0.05) is 101 Å². The van der Waals surface area contributed by atoms with E-state index in [4.69, 9.17) is 9.47 Å². The fourth-order valence-electron chi connectivity index (χ4n) is 4.21. The fraction of sp³-hybridized carbons (Fsp3) is 0.333. The molecule has 0 heterocycles. The minimum atomic E-state index is -0.916. The van der Waals surface area contributed by atoms with Crippen molar-refractivity contribution >= 4 is 61.4 Å². The molecule has 4 aromatic rings. The average Bonchev–Trinajstić information content (AvgIpc) is 3.04. The number of benzene rings is 4. The van der Waals surface area contributed by atoms with Crippen LogP contribution in [0.1, 0.15) is 45.2 Å². The van der Waals surface area contributed by atoms with Gasteiger partial charge in [0.25, 0.3) is 0 Å². The van der Waals surface area contributed by atoms with Gasteiger partial charge in [0.15, 0.2) is 5.92 Å². The number of hydrogen-bond acceptors (Lipinski definition) is 8. The van der Waals surface area contributed by atoms with Crippen LogP contribution < -0.4 is 0 Å². The Kier molecular flexibility index (Phi) is 17.0. The molecule has 0 aliphatic carbocycles. The second-order valence-corrected chi connectivity index (χ2v) is 10.1. The summed E-state index contributed by atoms with van der Waals surface area (Å²) in [5.74, 6) is -3.05. The van der Waals surface area contributed by atoms with Crippen LogP contribution in [-0.4, -0.2) is 50.3 Å². The molecule has 0 saturated carbocycles. The summed E-state index contributed by atoms with van der Waals surface area (Å²) in [5.41, 5.74) is 2.23. The molecule has 0 unspecified atom stereocenters. The molecular formula is C36H41BrO8. The minimum Gasteiger partial charge on any atom is -0.466 e. The first kappa shape index (κ1) is 36.9. The average molecular weight is 682 g/mol. The molecule has 0 spiro atoms. The normalized spacial score (nSPS) is 10.2. The molecule has 4 aromatic carbocycles. The van der Waals surface area contributed by atoms with Crippen LogP contribution >= 0.6 is 15.9 Å². The quantitative estimate of drug-likeness (QED) is 0.0700. The molecule has 9 heteroatoms.